The van der Waals surface area contributed by atoms with Crippen molar-refractivity contribution in [3.63, 3.8) is 0 Å². The van der Waals surface area contributed by atoms with E-state index in [1.165, 1.54) is 12.4 Å². The van der Waals surface area contributed by atoms with Crippen LogP contribution in [-0.2, 0) is 39.1 Å². The molecule has 0 radical (unpaired) electrons. The van der Waals surface area contributed by atoms with Gasteiger partial charge in [0.15, 0.2) is 0 Å². The first-order valence-electron chi connectivity index (χ1n) is 22.2. The van der Waals surface area contributed by atoms with Gasteiger partial charge in [-0.3, -0.25) is 44.1 Å². The van der Waals surface area contributed by atoms with Crippen molar-refractivity contribution in [3.8, 4) is 0 Å². The number of allylic oxidation sites excluding steroid dienone is 1. The van der Waals surface area contributed by atoms with Gasteiger partial charge in [-0.05, 0) is 92.8 Å². The largest absolute Gasteiger partial charge is 0.418 e. The van der Waals surface area contributed by atoms with Gasteiger partial charge in [0.05, 0.1) is 17.4 Å². The Morgan fingerprint density at radius 2 is 1.78 bits per heavy atom. The first kappa shape index (κ1) is 48.8. The third kappa shape index (κ3) is 13.7. The van der Waals surface area contributed by atoms with Gasteiger partial charge < -0.3 is 19.1 Å². The molecular weight excluding hydrogens is 842 g/mol. The van der Waals surface area contributed by atoms with E-state index in [-0.39, 0.29) is 36.7 Å². The zero-order valence-electron chi connectivity index (χ0n) is 37.8. The molecule has 2 aromatic carbocycles. The summed E-state index contributed by atoms with van der Waals surface area (Å²) >= 11 is 0. The van der Waals surface area contributed by atoms with Crippen LogP contribution in [-0.4, -0.2) is 151 Å². The van der Waals surface area contributed by atoms with E-state index in [1.54, 1.807) is 24.3 Å². The van der Waals surface area contributed by atoms with Crippen molar-refractivity contribution in [2.75, 3.05) is 82.9 Å². The second-order valence-corrected chi connectivity index (χ2v) is 17.1. The van der Waals surface area contributed by atoms with Crippen LogP contribution in [0.25, 0.3) is 0 Å². The summed E-state index contributed by atoms with van der Waals surface area (Å²) in [7, 11) is 5.47. The molecule has 2 fully saturated rings. The van der Waals surface area contributed by atoms with Gasteiger partial charge in [0.2, 0.25) is 18.7 Å². The quantitative estimate of drug-likeness (QED) is 0.115. The van der Waals surface area contributed by atoms with E-state index in [0.717, 1.165) is 91.9 Å². The van der Waals surface area contributed by atoms with E-state index in [2.05, 4.69) is 41.2 Å². The maximum atomic E-state index is 14.6. The number of benzene rings is 2. The number of amides is 3. The summed E-state index contributed by atoms with van der Waals surface area (Å²) in [5, 5.41) is 10.2. The fraction of sp³-hybridized carbons (Fsp3) is 0.489. The fourth-order valence-corrected chi connectivity index (χ4v) is 8.44. The van der Waals surface area contributed by atoms with Crippen molar-refractivity contribution in [2.45, 2.75) is 70.3 Å². The van der Waals surface area contributed by atoms with Gasteiger partial charge in [0.25, 0.3) is 0 Å². The molecule has 3 aromatic rings. The molecule has 0 saturated carbocycles. The molecule has 0 aliphatic carbocycles. The van der Waals surface area contributed by atoms with Crippen LogP contribution >= 0.6 is 0 Å². The van der Waals surface area contributed by atoms with Gasteiger partial charge in [-0.2, -0.15) is 13.2 Å². The van der Waals surface area contributed by atoms with Crippen molar-refractivity contribution in [1.82, 2.24) is 39.7 Å². The molecule has 65 heavy (non-hydrogen) atoms. The molecule has 3 aliphatic heterocycles. The molecule has 1 unspecified atom stereocenters. The smallest absolute Gasteiger partial charge is 0.378 e. The van der Waals surface area contributed by atoms with E-state index in [9.17, 15) is 32.3 Å². The molecule has 1 N–H and O–H groups in total. The van der Waals surface area contributed by atoms with Crippen LogP contribution in [0.1, 0.15) is 66.3 Å². The van der Waals surface area contributed by atoms with Crippen molar-refractivity contribution >= 4 is 36.4 Å². The molecule has 1 aromatic heterocycles. The second kappa shape index (κ2) is 23.0. The SMILES string of the molecule is CC(CCC(=O)NC=O)N(C)Cc1cc(N2CCN(CCCOC3CCN(CC4=CN(C=O)/C(=C\N(C)c5cccc(Cc6nncn6C)c5)C(C(F)(F)F)=C4)CC3)CC2)ccc1C=O. The summed E-state index contributed by atoms with van der Waals surface area (Å²) in [5.41, 5.74) is 3.48. The summed E-state index contributed by atoms with van der Waals surface area (Å²) in [6, 6.07) is 13.4. The average Bonchev–Trinajstić information content (AvgIpc) is 3.70. The number of imide groups is 1. The van der Waals surface area contributed by atoms with Crippen LogP contribution in [0.2, 0.25) is 0 Å². The monoisotopic (exact) mass is 902 g/mol. The van der Waals surface area contributed by atoms with Gasteiger partial charge in [-0.15, -0.1) is 10.2 Å². The molecule has 6 rings (SSSR count). The number of rotatable bonds is 21. The Bertz CT molecular complexity index is 2190. The van der Waals surface area contributed by atoms with E-state index in [4.69, 9.17) is 4.74 Å². The topological polar surface area (TPSA) is 140 Å². The normalized spacial score (nSPS) is 17.8. The summed E-state index contributed by atoms with van der Waals surface area (Å²) in [5.74, 6) is 0.444. The van der Waals surface area contributed by atoms with Gasteiger partial charge in [0.1, 0.15) is 18.4 Å². The number of ether oxygens (including phenoxy) is 1. The molecule has 4 heterocycles. The molecular formula is C47H61F3N10O5. The number of alkyl halides is 3. The number of nitrogens with one attached hydrogen (secondary N) is 1. The van der Waals surface area contributed by atoms with Crippen molar-refractivity contribution in [3.05, 3.63) is 107 Å². The van der Waals surface area contributed by atoms with Crippen molar-refractivity contribution in [1.29, 1.82) is 0 Å². The zero-order chi connectivity index (χ0) is 46.5. The number of carbonyl (C=O) groups excluding carboxylic acids is 4. The van der Waals surface area contributed by atoms with Gasteiger partial charge in [-0.1, -0.05) is 12.1 Å². The molecule has 1 atom stereocenters. The van der Waals surface area contributed by atoms with Gasteiger partial charge in [-0.25, -0.2) is 0 Å². The Balaban J connectivity index is 0.929. The van der Waals surface area contributed by atoms with Crippen LogP contribution in [0.3, 0.4) is 0 Å². The van der Waals surface area contributed by atoms with Gasteiger partial charge >= 0.3 is 6.18 Å². The number of anilines is 2. The van der Waals surface area contributed by atoms with E-state index < -0.39 is 11.7 Å². The lowest BCUT2D eigenvalue weighted by atomic mass is 10.0. The number of hydrogen-bond donors (Lipinski definition) is 1. The molecule has 350 valence electrons. The summed E-state index contributed by atoms with van der Waals surface area (Å²) in [4.78, 5) is 58.0. The number of aromatic nitrogens is 3. The highest BCUT2D eigenvalue weighted by Crippen LogP contribution is 2.37. The lowest BCUT2D eigenvalue weighted by molar-refractivity contribution is -0.125. The minimum Gasteiger partial charge on any atom is -0.378 e. The highest BCUT2D eigenvalue weighted by molar-refractivity contribution is 5.85. The Hall–Kier alpha value is -5.69. The van der Waals surface area contributed by atoms with Crippen LogP contribution < -0.4 is 15.1 Å². The van der Waals surface area contributed by atoms with Crippen molar-refractivity contribution in [2.24, 2.45) is 7.05 Å². The molecule has 2 saturated heterocycles. The Morgan fingerprint density at radius 1 is 1.02 bits per heavy atom. The highest BCUT2D eigenvalue weighted by Gasteiger charge is 2.40. The maximum Gasteiger partial charge on any atom is 0.418 e. The number of piperazine rings is 1. The molecule has 3 amide bonds. The zero-order valence-corrected chi connectivity index (χ0v) is 37.8. The number of likely N-dealkylation sites (tertiary alicyclic amines) is 1. The van der Waals surface area contributed by atoms with E-state index in [1.807, 2.05) is 55.9 Å². The third-order valence-electron chi connectivity index (χ3n) is 12.5. The van der Waals surface area contributed by atoms with Crippen LogP contribution in [0, 0.1) is 0 Å². The third-order valence-corrected chi connectivity index (χ3v) is 12.5. The van der Waals surface area contributed by atoms with Gasteiger partial charge in [0, 0.05) is 128 Å². The highest BCUT2D eigenvalue weighted by atomic mass is 19.4. The summed E-state index contributed by atoms with van der Waals surface area (Å²) < 4.78 is 51.9. The summed E-state index contributed by atoms with van der Waals surface area (Å²) in [6.07, 6.45) is 6.42. The van der Waals surface area contributed by atoms with Crippen LogP contribution in [0.15, 0.2) is 84.1 Å². The number of aryl methyl sites for hydroxylation is 1. The number of piperidine rings is 1. The average molecular weight is 903 g/mol. The number of hydrogen-bond acceptors (Lipinski definition) is 12. The molecule has 0 spiro atoms. The van der Waals surface area contributed by atoms with E-state index in [0.29, 0.717) is 68.7 Å². The predicted octanol–water partition coefficient (Wildman–Crippen LogP) is 4.91. The molecule has 18 heteroatoms. The number of nitrogens with zero attached hydrogens (tertiary/aromatic N) is 9. The number of aldehydes is 1. The second-order valence-electron chi connectivity index (χ2n) is 17.1. The maximum absolute atomic E-state index is 14.6. The minimum absolute atomic E-state index is 0.0676. The molecule has 15 nitrogen and oxygen atoms in total. The fourth-order valence-electron chi connectivity index (χ4n) is 8.44. The molecule has 0 bridgehead atoms. The standard InChI is InChI=1S/C47H61F3N10O5/c1-35(9-12-46(64)51-33-62)54(2)29-39-26-41(11-10-38(39)31-61)59-20-18-57(19-21-59)15-6-22-65-42-13-16-58(17-14-42)27-37-24-43(47(48,49)50)44(60(28-37)34-63)30-55(3)40-8-5-7-36(23-40)25-45-53-52-32-56(45)4/h5,7-8,10-11,23-24,26,28,30-35,42H,6,9,12-22,25,27,29H2,1-4H3,(H,51,62,64)/b44-30-. The number of halogens is 3. The Kier molecular flexibility index (Phi) is 17.2. The predicted molar refractivity (Wildman–Crippen MR) is 242 cm³/mol. The minimum atomic E-state index is -4.69. The Morgan fingerprint density at radius 3 is 2.46 bits per heavy atom. The Labute approximate surface area is 379 Å². The first-order valence-corrected chi connectivity index (χ1v) is 22.2. The first-order chi connectivity index (χ1) is 31.2. The van der Waals surface area contributed by atoms with Crippen LogP contribution in [0.5, 0.6) is 0 Å². The van der Waals surface area contributed by atoms with Crippen molar-refractivity contribution < 1.29 is 37.1 Å². The summed E-state index contributed by atoms with van der Waals surface area (Å²) in [6.45, 7) is 9.24. The van der Waals surface area contributed by atoms with E-state index >= 15 is 0 Å². The lowest BCUT2D eigenvalue weighted by Gasteiger charge is -2.37. The van der Waals surface area contributed by atoms with Crippen LogP contribution in [0.4, 0.5) is 24.5 Å². The lowest BCUT2D eigenvalue weighted by Crippen LogP contribution is -2.47. The molecule has 3 aliphatic rings. The number of carbonyl (C=O) groups is 4.